The van der Waals surface area contributed by atoms with Crippen LogP contribution in [-0.4, -0.2) is 18.3 Å². The van der Waals surface area contributed by atoms with Gasteiger partial charge in [0.1, 0.15) is 11.3 Å². The quantitative estimate of drug-likeness (QED) is 0.765. The highest BCUT2D eigenvalue weighted by Gasteiger charge is 2.39. The lowest BCUT2D eigenvalue weighted by atomic mass is 10.2. The van der Waals surface area contributed by atoms with E-state index in [0.717, 1.165) is 16.8 Å². The van der Waals surface area contributed by atoms with Crippen LogP contribution in [0.4, 0.5) is 0 Å². The zero-order chi connectivity index (χ0) is 13.4. The summed E-state index contributed by atoms with van der Waals surface area (Å²) < 4.78 is 6.32. The van der Waals surface area contributed by atoms with Gasteiger partial charge in [-0.3, -0.25) is 4.98 Å². The van der Waals surface area contributed by atoms with E-state index in [1.54, 1.807) is 12.4 Å². The standard InChI is InChI=1S/C14H20N2OSi/c1-14(2,3)18(4,5)17-12-8-6-7-11-13(12)16-10-9-15-11/h6-10H,1-5H3. The average Bonchev–Trinajstić information content (AvgIpc) is 2.27. The van der Waals surface area contributed by atoms with E-state index in [2.05, 4.69) is 43.8 Å². The third-order valence-corrected chi connectivity index (χ3v) is 7.98. The van der Waals surface area contributed by atoms with Crippen molar-refractivity contribution in [2.24, 2.45) is 0 Å². The second kappa shape index (κ2) is 4.35. The second-order valence-electron chi connectivity index (χ2n) is 6.04. The SMILES string of the molecule is CC(C)(C)[Si](C)(C)Oc1cccc2nccnc12. The molecule has 0 N–H and O–H groups in total. The van der Waals surface area contributed by atoms with Crippen molar-refractivity contribution >= 4 is 19.4 Å². The molecular weight excluding hydrogens is 240 g/mol. The minimum Gasteiger partial charge on any atom is -0.542 e. The zero-order valence-electron chi connectivity index (χ0n) is 11.7. The van der Waals surface area contributed by atoms with E-state index in [1.807, 2.05) is 18.2 Å². The molecule has 96 valence electrons. The summed E-state index contributed by atoms with van der Waals surface area (Å²) in [6, 6.07) is 5.91. The van der Waals surface area contributed by atoms with Gasteiger partial charge in [0.25, 0.3) is 8.32 Å². The molecule has 0 amide bonds. The Bertz CT molecular complexity index is 556. The molecule has 0 aliphatic rings. The van der Waals surface area contributed by atoms with Crippen LogP contribution in [0.3, 0.4) is 0 Å². The van der Waals surface area contributed by atoms with Crippen LogP contribution in [-0.2, 0) is 0 Å². The van der Waals surface area contributed by atoms with Crippen LogP contribution in [0.25, 0.3) is 11.0 Å². The highest BCUT2D eigenvalue weighted by molar-refractivity contribution is 6.74. The van der Waals surface area contributed by atoms with Crippen molar-refractivity contribution in [1.29, 1.82) is 0 Å². The fraction of sp³-hybridized carbons (Fsp3) is 0.429. The van der Waals surface area contributed by atoms with Gasteiger partial charge in [0.2, 0.25) is 0 Å². The van der Waals surface area contributed by atoms with Gasteiger partial charge in [-0.15, -0.1) is 0 Å². The van der Waals surface area contributed by atoms with Gasteiger partial charge in [-0.2, -0.15) is 0 Å². The van der Waals surface area contributed by atoms with E-state index >= 15 is 0 Å². The number of aromatic nitrogens is 2. The number of hydrogen-bond donors (Lipinski definition) is 0. The van der Waals surface area contributed by atoms with Gasteiger partial charge in [0, 0.05) is 12.4 Å². The molecular formula is C14H20N2OSi. The Morgan fingerprint density at radius 3 is 2.39 bits per heavy atom. The summed E-state index contributed by atoms with van der Waals surface area (Å²) >= 11 is 0. The maximum absolute atomic E-state index is 6.32. The van der Waals surface area contributed by atoms with E-state index in [9.17, 15) is 0 Å². The summed E-state index contributed by atoms with van der Waals surface area (Å²) in [5, 5.41) is 0.178. The molecule has 1 aromatic carbocycles. The van der Waals surface area contributed by atoms with Gasteiger partial charge in [0.15, 0.2) is 0 Å². The van der Waals surface area contributed by atoms with Crippen LogP contribution in [0.1, 0.15) is 20.8 Å². The normalized spacial score (nSPS) is 12.7. The van der Waals surface area contributed by atoms with Crippen LogP contribution in [0, 0.1) is 0 Å². The Morgan fingerprint density at radius 1 is 1.06 bits per heavy atom. The summed E-state index contributed by atoms with van der Waals surface area (Å²) in [6.07, 6.45) is 3.42. The van der Waals surface area contributed by atoms with Crippen LogP contribution in [0.2, 0.25) is 18.1 Å². The molecule has 1 heterocycles. The van der Waals surface area contributed by atoms with Gasteiger partial charge in [0.05, 0.1) is 5.52 Å². The summed E-state index contributed by atoms with van der Waals surface area (Å²) in [5.74, 6) is 0.854. The van der Waals surface area contributed by atoms with Gasteiger partial charge < -0.3 is 4.43 Å². The number of rotatable bonds is 2. The summed E-state index contributed by atoms with van der Waals surface area (Å²) in [6.45, 7) is 11.2. The first-order valence-electron chi connectivity index (χ1n) is 6.20. The van der Waals surface area contributed by atoms with Crippen molar-refractivity contribution < 1.29 is 4.43 Å². The fourth-order valence-corrected chi connectivity index (χ4v) is 2.50. The third kappa shape index (κ3) is 2.38. The van der Waals surface area contributed by atoms with Crippen molar-refractivity contribution in [2.75, 3.05) is 0 Å². The lowest BCUT2D eigenvalue weighted by molar-refractivity contribution is 0.495. The molecule has 18 heavy (non-hydrogen) atoms. The number of fused-ring (bicyclic) bond motifs is 1. The van der Waals surface area contributed by atoms with Crippen molar-refractivity contribution in [2.45, 2.75) is 38.9 Å². The van der Waals surface area contributed by atoms with Crippen LogP contribution >= 0.6 is 0 Å². The lowest BCUT2D eigenvalue weighted by Gasteiger charge is -2.36. The zero-order valence-corrected chi connectivity index (χ0v) is 12.7. The smallest absolute Gasteiger partial charge is 0.250 e. The number of benzene rings is 1. The van der Waals surface area contributed by atoms with Gasteiger partial charge >= 0.3 is 0 Å². The first kappa shape index (κ1) is 13.0. The molecule has 0 spiro atoms. The van der Waals surface area contributed by atoms with Gasteiger partial charge in [-0.05, 0) is 30.3 Å². The van der Waals surface area contributed by atoms with Crippen LogP contribution in [0.15, 0.2) is 30.6 Å². The largest absolute Gasteiger partial charge is 0.542 e. The highest BCUT2D eigenvalue weighted by Crippen LogP contribution is 2.38. The first-order valence-corrected chi connectivity index (χ1v) is 9.11. The van der Waals surface area contributed by atoms with E-state index < -0.39 is 8.32 Å². The average molecular weight is 260 g/mol. The topological polar surface area (TPSA) is 35.0 Å². The Balaban J connectivity index is 2.44. The first-order chi connectivity index (χ1) is 8.31. The van der Waals surface area contributed by atoms with Gasteiger partial charge in [-0.1, -0.05) is 26.8 Å². The van der Waals surface area contributed by atoms with Crippen molar-refractivity contribution in [1.82, 2.24) is 9.97 Å². The molecule has 2 aromatic rings. The Morgan fingerprint density at radius 2 is 1.72 bits per heavy atom. The van der Waals surface area contributed by atoms with Gasteiger partial charge in [-0.25, -0.2) is 4.98 Å². The minimum absolute atomic E-state index is 0.178. The molecule has 0 unspecified atom stereocenters. The molecule has 0 fully saturated rings. The molecule has 4 heteroatoms. The second-order valence-corrected chi connectivity index (χ2v) is 10.8. The molecule has 0 saturated heterocycles. The molecule has 0 saturated carbocycles. The maximum atomic E-state index is 6.32. The number of nitrogens with zero attached hydrogens (tertiary/aromatic N) is 2. The molecule has 0 bridgehead atoms. The Hall–Kier alpha value is -1.42. The molecule has 2 rings (SSSR count). The molecule has 0 aliphatic carbocycles. The predicted molar refractivity (Wildman–Crippen MR) is 77.4 cm³/mol. The summed E-state index contributed by atoms with van der Waals surface area (Å²) in [7, 11) is -1.83. The number of hydrogen-bond acceptors (Lipinski definition) is 3. The molecule has 0 atom stereocenters. The lowest BCUT2D eigenvalue weighted by Crippen LogP contribution is -2.43. The number of para-hydroxylation sites is 1. The molecule has 1 aromatic heterocycles. The van der Waals surface area contributed by atoms with E-state index in [0.29, 0.717) is 0 Å². The van der Waals surface area contributed by atoms with Crippen molar-refractivity contribution in [3.63, 3.8) is 0 Å². The van der Waals surface area contributed by atoms with Crippen LogP contribution < -0.4 is 4.43 Å². The summed E-state index contributed by atoms with van der Waals surface area (Å²) in [4.78, 5) is 8.69. The minimum atomic E-state index is -1.83. The van der Waals surface area contributed by atoms with Crippen molar-refractivity contribution in [3.05, 3.63) is 30.6 Å². The fourth-order valence-electron chi connectivity index (χ4n) is 1.48. The third-order valence-electron chi connectivity index (χ3n) is 3.63. The van der Waals surface area contributed by atoms with E-state index in [-0.39, 0.29) is 5.04 Å². The Labute approximate surface area is 109 Å². The van der Waals surface area contributed by atoms with E-state index in [1.165, 1.54) is 0 Å². The summed E-state index contributed by atoms with van der Waals surface area (Å²) in [5.41, 5.74) is 1.73. The monoisotopic (exact) mass is 260 g/mol. The predicted octanol–water partition coefficient (Wildman–Crippen LogP) is 4.01. The van der Waals surface area contributed by atoms with Crippen LogP contribution in [0.5, 0.6) is 5.75 Å². The highest BCUT2D eigenvalue weighted by atomic mass is 28.4. The van der Waals surface area contributed by atoms with Crippen molar-refractivity contribution in [3.8, 4) is 5.75 Å². The molecule has 0 radical (unpaired) electrons. The van der Waals surface area contributed by atoms with E-state index in [4.69, 9.17) is 4.43 Å². The molecule has 0 aliphatic heterocycles. The molecule has 3 nitrogen and oxygen atoms in total. The Kier molecular flexibility index (Phi) is 3.15. The maximum Gasteiger partial charge on any atom is 0.250 e.